The molecule has 5 aromatic carbocycles. The van der Waals surface area contributed by atoms with Crippen LogP contribution in [0.3, 0.4) is 0 Å². The quantitative estimate of drug-likeness (QED) is 0.148. The minimum absolute atomic E-state index is 0.00710. The van der Waals surface area contributed by atoms with Crippen LogP contribution in [0.15, 0.2) is 164 Å². The first-order chi connectivity index (χ1) is 51.4. The minimum atomic E-state index is -2.65. The smallest absolute Gasteiger partial charge is 0.199 e. The standard InChI is InChI=1S/2C17H22N.C16H20N.2C15H18N/c1-11-9-7-8-10-16(11)17-14(4)12(2)13(3)15(5)18(17)6;1-12(2)15-10-11-17(18(5)14(15)4)16-9-7-6-8-13(16)3;1-11-8-6-7-9-15(11)16-10-12(2)13(3)14(4)17(16)5;1-11-9-13(3)16(4)15(10-11)14-8-6-5-7-12(14)2;1-11-9-10-15(16(4)13(11)3)14-8-6-5-7-12(14)2/h7-10H,1-6H3;6-12H,1-5H3;6-10H,1-5H3;2*5-10H,1-4H3/q5*+1/i3D3,5D3;1D3,4D3,12D;3D3,4D3;3D3;1D3,3D3. The summed E-state index contributed by atoms with van der Waals surface area (Å²) in [5.74, 6) is -2.03. The third kappa shape index (κ3) is 15.2. The van der Waals surface area contributed by atoms with Crippen molar-refractivity contribution < 1.29 is 61.2 Å². The van der Waals surface area contributed by atoms with Gasteiger partial charge in [0, 0.05) is 159 Å². The van der Waals surface area contributed by atoms with E-state index in [1.807, 2.05) is 183 Å². The third-order valence-corrected chi connectivity index (χ3v) is 15.5. The molecule has 0 fully saturated rings. The van der Waals surface area contributed by atoms with Crippen molar-refractivity contribution >= 4 is 0 Å². The molecule has 0 spiro atoms. The maximum atomic E-state index is 8.33. The van der Waals surface area contributed by atoms with Crippen LogP contribution in [0.25, 0.3) is 56.3 Å². The highest BCUT2D eigenvalue weighted by atomic mass is 15.0. The molecule has 1 atom stereocenters. The zero-order valence-corrected chi connectivity index (χ0v) is 51.8. The average Bonchev–Trinajstić information content (AvgIpc) is 0.736. The molecule has 0 radical (unpaired) electrons. The molecule has 0 aliphatic carbocycles. The highest BCUT2D eigenvalue weighted by Gasteiger charge is 2.24. The fourth-order valence-corrected chi connectivity index (χ4v) is 10.1. The van der Waals surface area contributed by atoms with Crippen LogP contribution in [0, 0.1) is 117 Å². The van der Waals surface area contributed by atoms with Crippen LogP contribution in [0.2, 0.25) is 0 Å². The second-order valence-corrected chi connectivity index (χ2v) is 21.5. The van der Waals surface area contributed by atoms with Crippen molar-refractivity contribution in [2.45, 2.75) is 137 Å². The largest absolute Gasteiger partial charge is 0.215 e. The van der Waals surface area contributed by atoms with Gasteiger partial charge in [-0.05, 0) is 176 Å². The van der Waals surface area contributed by atoms with Gasteiger partial charge in [0.25, 0.3) is 0 Å². The average molecular weight is 1160 g/mol. The number of aromatic nitrogens is 5. The van der Waals surface area contributed by atoms with Gasteiger partial charge in [-0.15, -0.1) is 0 Å². The second kappa shape index (κ2) is 29.1. The molecule has 440 valence electrons. The lowest BCUT2D eigenvalue weighted by molar-refractivity contribution is -0.667. The van der Waals surface area contributed by atoms with E-state index in [2.05, 4.69) is 0 Å². The molecular formula is C80H100N5+5. The topological polar surface area (TPSA) is 19.4 Å². The zero-order valence-electron chi connectivity index (χ0n) is 79.8. The minimum Gasteiger partial charge on any atom is -0.199 e. The molecule has 5 nitrogen and oxygen atoms in total. The summed E-state index contributed by atoms with van der Waals surface area (Å²) in [4.78, 5) is 0. The van der Waals surface area contributed by atoms with Crippen LogP contribution >= 0.6 is 0 Å². The van der Waals surface area contributed by atoms with E-state index in [4.69, 9.17) is 38.4 Å². The third-order valence-electron chi connectivity index (χ3n) is 15.5. The van der Waals surface area contributed by atoms with Gasteiger partial charge >= 0.3 is 0 Å². The first-order valence-electron chi connectivity index (χ1n) is 41.9. The molecule has 5 heteroatoms. The summed E-state index contributed by atoms with van der Waals surface area (Å²) >= 11 is 0. The Morgan fingerprint density at radius 3 is 1.19 bits per heavy atom. The Bertz CT molecular complexity index is 5100. The van der Waals surface area contributed by atoms with Crippen LogP contribution in [-0.2, 0) is 35.2 Å². The number of hydrogen-bond donors (Lipinski definition) is 0. The summed E-state index contributed by atoms with van der Waals surface area (Å²) in [5, 5.41) is 0. The Hall–Kier alpha value is -8.15. The predicted octanol–water partition coefficient (Wildman–Crippen LogP) is 17.3. The molecule has 10 aromatic rings. The summed E-state index contributed by atoms with van der Waals surface area (Å²) in [6.45, 7) is -4.12. The van der Waals surface area contributed by atoms with Crippen LogP contribution in [0.5, 0.6) is 0 Å². The lowest BCUT2D eigenvalue weighted by atomic mass is 9.95. The maximum Gasteiger partial charge on any atom is 0.215 e. The number of nitrogens with zero attached hydrogens (tertiary/aromatic N) is 5. The predicted molar refractivity (Wildman–Crippen MR) is 360 cm³/mol. The zero-order chi connectivity index (χ0) is 86.1. The molecular weight excluding hydrogens is 1030 g/mol. The van der Waals surface area contributed by atoms with E-state index >= 15 is 0 Å². The van der Waals surface area contributed by atoms with Gasteiger partial charge in [0.2, 0.25) is 28.5 Å². The van der Waals surface area contributed by atoms with E-state index in [0.717, 1.165) is 78.1 Å². The lowest BCUT2D eigenvalue weighted by Gasteiger charge is -2.13. The lowest BCUT2D eigenvalue weighted by Crippen LogP contribution is -2.37. The molecule has 85 heavy (non-hydrogen) atoms. The number of rotatable bonds is 6. The van der Waals surface area contributed by atoms with Crippen molar-refractivity contribution in [2.24, 2.45) is 35.2 Å². The maximum absolute atomic E-state index is 8.33. The summed E-state index contributed by atoms with van der Waals surface area (Å²) in [5.41, 5.74) is 15.7. The van der Waals surface area contributed by atoms with Gasteiger partial charge in [-0.2, -0.15) is 22.8 Å². The van der Waals surface area contributed by atoms with Gasteiger partial charge in [-0.3, -0.25) is 0 Å². The van der Waals surface area contributed by atoms with Crippen LogP contribution in [0.4, 0.5) is 0 Å². The Balaban J connectivity index is 0.000000221. The molecule has 0 aliphatic heterocycles. The molecule has 0 aliphatic rings. The van der Waals surface area contributed by atoms with E-state index in [1.165, 1.54) is 37.3 Å². The van der Waals surface area contributed by atoms with Crippen molar-refractivity contribution in [3.05, 3.63) is 265 Å². The van der Waals surface area contributed by atoms with E-state index in [-0.39, 0.29) is 45.0 Å². The Morgan fingerprint density at radius 1 is 0.318 bits per heavy atom. The van der Waals surface area contributed by atoms with E-state index < -0.39 is 67.6 Å². The van der Waals surface area contributed by atoms with E-state index in [9.17, 15) is 0 Å². The Morgan fingerprint density at radius 2 is 0.741 bits per heavy atom. The van der Waals surface area contributed by atoms with Crippen molar-refractivity contribution in [2.75, 3.05) is 0 Å². The van der Waals surface area contributed by atoms with Crippen molar-refractivity contribution in [3.63, 3.8) is 0 Å². The normalized spacial score (nSPS) is 17.6. The van der Waals surface area contributed by atoms with Gasteiger partial charge in [-0.1, -0.05) is 105 Å². The van der Waals surface area contributed by atoms with E-state index in [0.29, 0.717) is 33.9 Å². The van der Waals surface area contributed by atoms with Gasteiger partial charge < -0.3 is 0 Å². The molecule has 0 saturated carbocycles. The Labute approximate surface area is 553 Å². The van der Waals surface area contributed by atoms with Crippen molar-refractivity contribution in [3.8, 4) is 56.3 Å². The first kappa shape index (κ1) is 36.6. The molecule has 0 bridgehead atoms. The van der Waals surface area contributed by atoms with Gasteiger partial charge in [0.15, 0.2) is 28.5 Å². The SMILES string of the molecule is [2H]C([2H])([2H])c1c(C([2H])(C)C([2H])([2H])[2H])ccc(-c2ccccc2C)[n+]1C.[2H]C([2H])([2H])c1c(C)c(C)c(-c2ccccc2C)[n+](C)c1C([2H])([2H])[2H].[2H]C([2H])([2H])c1c(C)cc(-c2ccccc2C)[n+](C)c1C([2H])([2H])[2H].[2H]C([2H])([2H])c1cc(C)cc(-c2ccccc2C)[n+]1C.[2H]C([2H])([2H])c1ccc(-c2ccccc2C)[n+](C)c1C([2H])([2H])[2H]. The van der Waals surface area contributed by atoms with Crippen LogP contribution in [-0.4, -0.2) is 0 Å². The fraction of sp³-hybridized carbons (Fsp3) is 0.312. The summed E-state index contributed by atoms with van der Waals surface area (Å²) in [6.07, 6.45) is 0. The number of aryl methyl sites for hydroxylation is 9. The molecule has 0 saturated heterocycles. The molecule has 0 N–H and O–H groups in total. The Kier molecular flexibility index (Phi) is 12.5. The van der Waals surface area contributed by atoms with Crippen molar-refractivity contribution in [1.82, 2.24) is 0 Å². The molecule has 5 heterocycles. The first-order valence-corrected chi connectivity index (χ1v) is 27.9. The molecule has 5 aromatic heterocycles. The molecule has 1 unspecified atom stereocenters. The number of pyridine rings is 5. The molecule has 0 amide bonds. The number of hydrogen-bond acceptors (Lipinski definition) is 0. The summed E-state index contributed by atoms with van der Waals surface area (Å²) in [6, 6.07) is 50.2. The highest BCUT2D eigenvalue weighted by molar-refractivity contribution is 5.67. The van der Waals surface area contributed by atoms with Crippen LogP contribution in [0.1, 0.15) is 159 Å². The molecule has 10 rings (SSSR count). The van der Waals surface area contributed by atoms with Crippen LogP contribution < -0.4 is 22.8 Å². The monoisotopic (exact) mass is 1160 g/mol. The fourth-order valence-electron chi connectivity index (χ4n) is 10.1. The van der Waals surface area contributed by atoms with E-state index in [1.54, 1.807) is 70.9 Å². The van der Waals surface area contributed by atoms with Crippen molar-refractivity contribution in [1.29, 1.82) is 0 Å². The second-order valence-electron chi connectivity index (χ2n) is 21.5. The van der Waals surface area contributed by atoms with Gasteiger partial charge in [0.1, 0.15) is 35.2 Å². The summed E-state index contributed by atoms with van der Waals surface area (Å²) in [7, 11) is 8.24. The highest BCUT2D eigenvalue weighted by Crippen LogP contribution is 2.29. The van der Waals surface area contributed by atoms with Gasteiger partial charge in [-0.25, -0.2) is 0 Å². The number of benzene rings is 5. The van der Waals surface area contributed by atoms with Gasteiger partial charge in [0.05, 0.1) is 0 Å². The summed E-state index contributed by atoms with van der Waals surface area (Å²) < 4.78 is 225.